The Labute approximate surface area is 151 Å². The van der Waals surface area contributed by atoms with Crippen LogP contribution in [0, 0.1) is 6.92 Å². The minimum atomic E-state index is 0.130. The average molecular weight is 351 g/mol. The van der Waals surface area contributed by atoms with Gasteiger partial charge in [0.25, 0.3) is 0 Å². The summed E-state index contributed by atoms with van der Waals surface area (Å²) in [7, 11) is 0. The lowest BCUT2D eigenvalue weighted by Gasteiger charge is -2.25. The number of hydrogen-bond donors (Lipinski definition) is 0. The molecule has 6 heteroatoms. The molecule has 6 nitrogen and oxygen atoms in total. The fourth-order valence-electron chi connectivity index (χ4n) is 3.42. The molecule has 3 aromatic rings. The average Bonchev–Trinajstić information content (AvgIpc) is 3.40. The maximum atomic E-state index is 12.7. The zero-order chi connectivity index (χ0) is 17.9. The van der Waals surface area contributed by atoms with Crippen molar-refractivity contribution in [3.05, 3.63) is 59.7 Å². The molecule has 0 N–H and O–H groups in total. The number of aromatic nitrogens is 2. The third-order valence-electron chi connectivity index (χ3n) is 4.80. The number of nitrogens with zero attached hydrogens (tertiary/aromatic N) is 3. The van der Waals surface area contributed by atoms with Gasteiger partial charge in [-0.3, -0.25) is 4.79 Å². The van der Waals surface area contributed by atoms with E-state index < -0.39 is 0 Å². The molecule has 1 unspecified atom stereocenters. The van der Waals surface area contributed by atoms with Crippen molar-refractivity contribution in [2.24, 2.45) is 0 Å². The normalized spacial score (nSPS) is 17.0. The Bertz CT molecular complexity index is 868. The summed E-state index contributed by atoms with van der Waals surface area (Å²) in [4.78, 5) is 19.0. The third kappa shape index (κ3) is 3.40. The first-order chi connectivity index (χ1) is 12.7. The molecule has 134 valence electrons. The lowest BCUT2D eigenvalue weighted by molar-refractivity contribution is -0.132. The molecule has 1 amide bonds. The molecule has 1 fully saturated rings. The van der Waals surface area contributed by atoms with Gasteiger partial charge in [0.2, 0.25) is 17.6 Å². The SMILES string of the molecule is Cc1ccc(C2CCCN2C(=O)CCc2nc(-c3ccco3)no2)cc1. The maximum Gasteiger partial charge on any atom is 0.238 e. The summed E-state index contributed by atoms with van der Waals surface area (Å²) in [5.74, 6) is 1.56. The minimum absolute atomic E-state index is 0.130. The van der Waals surface area contributed by atoms with Gasteiger partial charge in [-0.15, -0.1) is 0 Å². The van der Waals surface area contributed by atoms with Gasteiger partial charge in [0.05, 0.1) is 12.3 Å². The topological polar surface area (TPSA) is 72.4 Å². The molecule has 1 saturated heterocycles. The van der Waals surface area contributed by atoms with Crippen LogP contribution in [0.3, 0.4) is 0 Å². The van der Waals surface area contributed by atoms with E-state index in [1.807, 2.05) is 4.90 Å². The van der Waals surface area contributed by atoms with Gasteiger partial charge >= 0.3 is 0 Å². The monoisotopic (exact) mass is 351 g/mol. The van der Waals surface area contributed by atoms with Gasteiger partial charge in [-0.1, -0.05) is 35.0 Å². The molecule has 1 aliphatic rings. The summed E-state index contributed by atoms with van der Waals surface area (Å²) in [6.07, 6.45) is 4.41. The molecule has 0 spiro atoms. The van der Waals surface area contributed by atoms with Crippen molar-refractivity contribution >= 4 is 5.91 Å². The lowest BCUT2D eigenvalue weighted by atomic mass is 10.0. The number of likely N-dealkylation sites (tertiary alicyclic amines) is 1. The number of aryl methyl sites for hydroxylation is 2. The highest BCUT2D eigenvalue weighted by Gasteiger charge is 2.29. The van der Waals surface area contributed by atoms with Crippen LogP contribution in [0.1, 0.15) is 42.3 Å². The number of amides is 1. The molecule has 0 aliphatic carbocycles. The standard InChI is InChI=1S/C20H21N3O3/c1-14-6-8-15(9-7-14)16-4-2-12-23(16)19(24)11-10-18-21-20(22-26-18)17-5-3-13-25-17/h3,5-9,13,16H,2,4,10-12H2,1H3. The Kier molecular flexibility index (Phi) is 4.56. The summed E-state index contributed by atoms with van der Waals surface area (Å²) in [5.41, 5.74) is 2.44. The van der Waals surface area contributed by atoms with Gasteiger partial charge in [0.15, 0.2) is 5.76 Å². The minimum Gasteiger partial charge on any atom is -0.461 e. The van der Waals surface area contributed by atoms with E-state index in [-0.39, 0.29) is 11.9 Å². The summed E-state index contributed by atoms with van der Waals surface area (Å²) < 4.78 is 10.5. The molecule has 1 atom stereocenters. The Morgan fingerprint density at radius 3 is 2.88 bits per heavy atom. The molecule has 0 radical (unpaired) electrons. The number of furan rings is 1. The van der Waals surface area contributed by atoms with E-state index in [4.69, 9.17) is 8.94 Å². The van der Waals surface area contributed by atoms with Gasteiger partial charge in [-0.25, -0.2) is 0 Å². The van der Waals surface area contributed by atoms with Crippen LogP contribution in [-0.2, 0) is 11.2 Å². The van der Waals surface area contributed by atoms with Crippen molar-refractivity contribution in [1.29, 1.82) is 0 Å². The first kappa shape index (κ1) is 16.6. The zero-order valence-corrected chi connectivity index (χ0v) is 14.7. The van der Waals surface area contributed by atoms with E-state index in [0.717, 1.165) is 19.4 Å². The van der Waals surface area contributed by atoms with Crippen LogP contribution >= 0.6 is 0 Å². The maximum absolute atomic E-state index is 12.7. The molecular formula is C20H21N3O3. The molecule has 26 heavy (non-hydrogen) atoms. The molecule has 1 aliphatic heterocycles. The largest absolute Gasteiger partial charge is 0.461 e. The van der Waals surface area contributed by atoms with Gasteiger partial charge in [0.1, 0.15) is 0 Å². The van der Waals surface area contributed by atoms with E-state index in [1.54, 1.807) is 18.4 Å². The van der Waals surface area contributed by atoms with Crippen LogP contribution in [0.15, 0.2) is 51.6 Å². The van der Waals surface area contributed by atoms with E-state index in [9.17, 15) is 4.79 Å². The van der Waals surface area contributed by atoms with E-state index in [2.05, 4.69) is 41.3 Å². The van der Waals surface area contributed by atoms with Gasteiger partial charge < -0.3 is 13.8 Å². The van der Waals surface area contributed by atoms with Crippen LogP contribution in [0.4, 0.5) is 0 Å². The quantitative estimate of drug-likeness (QED) is 0.696. The number of hydrogen-bond acceptors (Lipinski definition) is 5. The van der Waals surface area contributed by atoms with Crippen LogP contribution in [0.25, 0.3) is 11.6 Å². The number of carbonyl (C=O) groups excluding carboxylic acids is 1. The van der Waals surface area contributed by atoms with E-state index >= 15 is 0 Å². The highest BCUT2D eigenvalue weighted by atomic mass is 16.5. The molecular weight excluding hydrogens is 330 g/mol. The molecule has 0 saturated carbocycles. The molecule has 2 aromatic heterocycles. The second-order valence-electron chi connectivity index (χ2n) is 6.64. The first-order valence-electron chi connectivity index (χ1n) is 8.93. The highest BCUT2D eigenvalue weighted by molar-refractivity contribution is 5.77. The predicted octanol–water partition coefficient (Wildman–Crippen LogP) is 3.93. The van der Waals surface area contributed by atoms with Crippen LogP contribution in [0.5, 0.6) is 0 Å². The van der Waals surface area contributed by atoms with Crippen LogP contribution in [-0.4, -0.2) is 27.5 Å². The first-order valence-corrected chi connectivity index (χ1v) is 8.93. The lowest BCUT2D eigenvalue weighted by Crippen LogP contribution is -2.30. The van der Waals surface area contributed by atoms with Crippen molar-refractivity contribution in [3.8, 4) is 11.6 Å². The summed E-state index contributed by atoms with van der Waals surface area (Å²) >= 11 is 0. The van der Waals surface area contributed by atoms with Crippen molar-refractivity contribution in [1.82, 2.24) is 15.0 Å². The Balaban J connectivity index is 1.39. The molecule has 0 bridgehead atoms. The molecule has 4 rings (SSSR count). The Morgan fingerprint density at radius 2 is 2.12 bits per heavy atom. The second-order valence-corrected chi connectivity index (χ2v) is 6.64. The number of benzene rings is 1. The van der Waals surface area contributed by atoms with Crippen molar-refractivity contribution in [3.63, 3.8) is 0 Å². The smallest absolute Gasteiger partial charge is 0.238 e. The summed E-state index contributed by atoms with van der Waals surface area (Å²) in [6.45, 7) is 2.88. The molecule has 3 heterocycles. The van der Waals surface area contributed by atoms with Gasteiger partial charge in [-0.05, 0) is 37.5 Å². The molecule has 1 aromatic carbocycles. The van der Waals surface area contributed by atoms with Crippen LogP contribution in [0.2, 0.25) is 0 Å². The van der Waals surface area contributed by atoms with Gasteiger partial charge in [-0.2, -0.15) is 4.98 Å². The fourth-order valence-corrected chi connectivity index (χ4v) is 3.42. The Morgan fingerprint density at radius 1 is 1.27 bits per heavy atom. The van der Waals surface area contributed by atoms with Crippen molar-refractivity contribution in [2.75, 3.05) is 6.54 Å². The number of rotatable bonds is 5. The van der Waals surface area contributed by atoms with E-state index in [1.165, 1.54) is 11.1 Å². The van der Waals surface area contributed by atoms with E-state index in [0.29, 0.717) is 30.3 Å². The van der Waals surface area contributed by atoms with Crippen LogP contribution < -0.4 is 0 Å². The summed E-state index contributed by atoms with van der Waals surface area (Å²) in [6, 6.07) is 12.2. The number of carbonyl (C=O) groups is 1. The zero-order valence-electron chi connectivity index (χ0n) is 14.7. The fraction of sp³-hybridized carbons (Fsp3) is 0.350. The highest BCUT2D eigenvalue weighted by Crippen LogP contribution is 2.32. The summed E-state index contributed by atoms with van der Waals surface area (Å²) in [5, 5.41) is 3.90. The van der Waals surface area contributed by atoms with Crippen molar-refractivity contribution in [2.45, 2.75) is 38.6 Å². The second kappa shape index (κ2) is 7.15. The van der Waals surface area contributed by atoms with Crippen molar-refractivity contribution < 1.29 is 13.7 Å². The predicted molar refractivity (Wildman–Crippen MR) is 95.2 cm³/mol. The van der Waals surface area contributed by atoms with Gasteiger partial charge in [0, 0.05) is 19.4 Å². The third-order valence-corrected chi connectivity index (χ3v) is 4.80. The Hall–Kier alpha value is -2.89.